The van der Waals surface area contributed by atoms with Gasteiger partial charge in [0.05, 0.1) is 0 Å². The number of nitrogens with one attached hydrogen (secondary N) is 2. The second-order valence-electron chi connectivity index (χ2n) is 6.10. The van der Waals surface area contributed by atoms with E-state index in [1.54, 1.807) is 24.3 Å². The van der Waals surface area contributed by atoms with Gasteiger partial charge < -0.3 is 15.5 Å². The minimum absolute atomic E-state index is 0.0213. The molecule has 1 aromatic rings. The molecule has 1 aliphatic heterocycles. The first-order valence-corrected chi connectivity index (χ1v) is 7.88. The molecule has 1 atom stereocenters. The Bertz CT molecular complexity index is 525. The van der Waals surface area contributed by atoms with Crippen molar-refractivity contribution >= 4 is 17.5 Å². The standard InChI is InChI=1S/C17H25N3O2/c1-12(2)16(21)19-14-8-6-13(7-9-14)17(22)20-10-4-5-15(11-20)18-3/h6-9,12,15,18H,4-5,10-11H2,1-3H3,(H,19,21). The summed E-state index contributed by atoms with van der Waals surface area (Å²) in [6.45, 7) is 5.26. The normalized spacial score (nSPS) is 18.4. The van der Waals surface area contributed by atoms with Crippen LogP contribution in [0.1, 0.15) is 37.0 Å². The summed E-state index contributed by atoms with van der Waals surface area (Å²) in [5.41, 5.74) is 1.39. The van der Waals surface area contributed by atoms with Crippen molar-refractivity contribution in [1.82, 2.24) is 10.2 Å². The van der Waals surface area contributed by atoms with E-state index >= 15 is 0 Å². The first-order chi connectivity index (χ1) is 10.5. The molecular formula is C17H25N3O2. The van der Waals surface area contributed by atoms with Crippen molar-refractivity contribution in [3.63, 3.8) is 0 Å². The van der Waals surface area contributed by atoms with Crippen molar-refractivity contribution in [2.75, 3.05) is 25.5 Å². The molecule has 0 bridgehead atoms. The molecule has 0 spiro atoms. The molecule has 22 heavy (non-hydrogen) atoms. The zero-order chi connectivity index (χ0) is 16.1. The third-order valence-electron chi connectivity index (χ3n) is 4.04. The van der Waals surface area contributed by atoms with E-state index in [4.69, 9.17) is 0 Å². The predicted octanol–water partition coefficient (Wildman–Crippen LogP) is 2.11. The average molecular weight is 303 g/mol. The fourth-order valence-electron chi connectivity index (χ4n) is 2.56. The molecule has 0 radical (unpaired) electrons. The van der Waals surface area contributed by atoms with Crippen LogP contribution in [0.15, 0.2) is 24.3 Å². The van der Waals surface area contributed by atoms with Gasteiger partial charge >= 0.3 is 0 Å². The number of nitrogens with zero attached hydrogens (tertiary/aromatic N) is 1. The number of anilines is 1. The summed E-state index contributed by atoms with van der Waals surface area (Å²) in [7, 11) is 1.94. The topological polar surface area (TPSA) is 61.4 Å². The van der Waals surface area contributed by atoms with Gasteiger partial charge in [0.25, 0.3) is 5.91 Å². The summed E-state index contributed by atoms with van der Waals surface area (Å²) < 4.78 is 0. The molecule has 1 fully saturated rings. The van der Waals surface area contributed by atoms with E-state index < -0.39 is 0 Å². The second kappa shape index (κ2) is 7.40. The number of piperidine rings is 1. The van der Waals surface area contributed by atoms with Crippen molar-refractivity contribution in [1.29, 1.82) is 0 Å². The lowest BCUT2D eigenvalue weighted by molar-refractivity contribution is -0.118. The molecule has 5 nitrogen and oxygen atoms in total. The second-order valence-corrected chi connectivity index (χ2v) is 6.10. The zero-order valence-corrected chi connectivity index (χ0v) is 13.6. The Kier molecular flexibility index (Phi) is 5.55. The van der Waals surface area contributed by atoms with Gasteiger partial charge in [0, 0.05) is 36.3 Å². The Morgan fingerprint density at radius 1 is 1.23 bits per heavy atom. The summed E-state index contributed by atoms with van der Waals surface area (Å²) in [5, 5.41) is 6.07. The van der Waals surface area contributed by atoms with Gasteiger partial charge in [-0.25, -0.2) is 0 Å². The predicted molar refractivity (Wildman–Crippen MR) is 87.9 cm³/mol. The molecule has 2 rings (SSSR count). The summed E-state index contributed by atoms with van der Waals surface area (Å²) in [6, 6.07) is 7.50. The average Bonchev–Trinajstić information content (AvgIpc) is 2.54. The van der Waals surface area contributed by atoms with Crippen LogP contribution in [0.4, 0.5) is 5.69 Å². The number of rotatable bonds is 4. The van der Waals surface area contributed by atoms with Crippen LogP contribution in [-0.4, -0.2) is 42.9 Å². The molecule has 120 valence electrons. The molecular weight excluding hydrogens is 278 g/mol. The molecule has 5 heteroatoms. The number of carbonyl (C=O) groups excluding carboxylic acids is 2. The number of likely N-dealkylation sites (N-methyl/N-ethyl adjacent to an activating group) is 1. The van der Waals surface area contributed by atoms with E-state index in [0.29, 0.717) is 11.6 Å². The van der Waals surface area contributed by atoms with Crippen molar-refractivity contribution in [3.8, 4) is 0 Å². The third-order valence-corrected chi connectivity index (χ3v) is 4.04. The van der Waals surface area contributed by atoms with Crippen molar-refractivity contribution in [2.45, 2.75) is 32.7 Å². The Morgan fingerprint density at radius 3 is 2.50 bits per heavy atom. The van der Waals surface area contributed by atoms with Gasteiger partial charge in [0.15, 0.2) is 0 Å². The van der Waals surface area contributed by atoms with Gasteiger partial charge in [0.1, 0.15) is 0 Å². The molecule has 1 unspecified atom stereocenters. The minimum atomic E-state index is -0.0619. The van der Waals surface area contributed by atoms with E-state index in [-0.39, 0.29) is 17.7 Å². The largest absolute Gasteiger partial charge is 0.337 e. The van der Waals surface area contributed by atoms with Crippen LogP contribution in [-0.2, 0) is 4.79 Å². The molecule has 0 aromatic heterocycles. The van der Waals surface area contributed by atoms with Crippen molar-refractivity contribution in [3.05, 3.63) is 29.8 Å². The molecule has 1 saturated heterocycles. The Balaban J connectivity index is 2.00. The Hall–Kier alpha value is -1.88. The number of likely N-dealkylation sites (tertiary alicyclic amines) is 1. The maximum Gasteiger partial charge on any atom is 0.253 e. The highest BCUT2D eigenvalue weighted by Crippen LogP contribution is 2.16. The maximum absolute atomic E-state index is 12.5. The van der Waals surface area contributed by atoms with E-state index in [2.05, 4.69) is 10.6 Å². The monoisotopic (exact) mass is 303 g/mol. The molecule has 1 aliphatic rings. The first kappa shape index (κ1) is 16.5. The molecule has 2 N–H and O–H groups in total. The van der Waals surface area contributed by atoms with Crippen LogP contribution in [0.25, 0.3) is 0 Å². The molecule has 1 aromatic carbocycles. The summed E-state index contributed by atoms with van der Waals surface area (Å²) in [6.07, 6.45) is 2.14. The van der Waals surface area contributed by atoms with Crippen LogP contribution >= 0.6 is 0 Å². The van der Waals surface area contributed by atoms with E-state index in [1.165, 1.54) is 0 Å². The highest BCUT2D eigenvalue weighted by molar-refractivity contribution is 5.96. The van der Waals surface area contributed by atoms with E-state index in [9.17, 15) is 9.59 Å². The van der Waals surface area contributed by atoms with Gasteiger partial charge in [-0.2, -0.15) is 0 Å². The smallest absolute Gasteiger partial charge is 0.253 e. The maximum atomic E-state index is 12.5. The van der Waals surface area contributed by atoms with E-state index in [1.807, 2.05) is 25.8 Å². The fraction of sp³-hybridized carbons (Fsp3) is 0.529. The number of carbonyl (C=O) groups is 2. The van der Waals surface area contributed by atoms with E-state index in [0.717, 1.165) is 31.6 Å². The Morgan fingerprint density at radius 2 is 1.91 bits per heavy atom. The summed E-state index contributed by atoms with van der Waals surface area (Å²) in [4.78, 5) is 26.1. The zero-order valence-electron chi connectivity index (χ0n) is 13.6. The van der Waals surface area contributed by atoms with Crippen LogP contribution < -0.4 is 10.6 Å². The van der Waals surface area contributed by atoms with Crippen LogP contribution in [0.2, 0.25) is 0 Å². The number of benzene rings is 1. The highest BCUT2D eigenvalue weighted by Gasteiger charge is 2.23. The molecule has 0 saturated carbocycles. The van der Waals surface area contributed by atoms with Crippen LogP contribution in [0.3, 0.4) is 0 Å². The van der Waals surface area contributed by atoms with Gasteiger partial charge in [-0.3, -0.25) is 9.59 Å². The number of hydrogen-bond acceptors (Lipinski definition) is 3. The fourth-order valence-corrected chi connectivity index (χ4v) is 2.56. The lowest BCUT2D eigenvalue weighted by Gasteiger charge is -2.32. The van der Waals surface area contributed by atoms with Crippen molar-refractivity contribution < 1.29 is 9.59 Å². The molecule has 0 aliphatic carbocycles. The first-order valence-electron chi connectivity index (χ1n) is 7.88. The van der Waals surface area contributed by atoms with Crippen molar-refractivity contribution in [2.24, 2.45) is 5.92 Å². The Labute approximate surface area is 132 Å². The van der Waals surface area contributed by atoms with Crippen LogP contribution in [0.5, 0.6) is 0 Å². The summed E-state index contributed by atoms with van der Waals surface area (Å²) >= 11 is 0. The minimum Gasteiger partial charge on any atom is -0.337 e. The lowest BCUT2D eigenvalue weighted by Crippen LogP contribution is -2.46. The number of hydrogen-bond donors (Lipinski definition) is 2. The quantitative estimate of drug-likeness (QED) is 0.895. The third kappa shape index (κ3) is 4.07. The summed E-state index contributed by atoms with van der Waals surface area (Å²) in [5.74, 6) is -0.0261. The van der Waals surface area contributed by atoms with Gasteiger partial charge in [0.2, 0.25) is 5.91 Å². The van der Waals surface area contributed by atoms with Gasteiger partial charge in [-0.1, -0.05) is 13.8 Å². The lowest BCUT2D eigenvalue weighted by atomic mass is 10.0. The number of amides is 2. The highest BCUT2D eigenvalue weighted by atomic mass is 16.2. The van der Waals surface area contributed by atoms with Gasteiger partial charge in [-0.05, 0) is 44.2 Å². The molecule has 1 heterocycles. The van der Waals surface area contributed by atoms with Gasteiger partial charge in [-0.15, -0.1) is 0 Å². The molecule has 2 amide bonds. The SMILES string of the molecule is CNC1CCCN(C(=O)c2ccc(NC(=O)C(C)C)cc2)C1. The van der Waals surface area contributed by atoms with Crippen LogP contribution in [0, 0.1) is 5.92 Å².